The van der Waals surface area contributed by atoms with Gasteiger partial charge in [-0.2, -0.15) is 0 Å². The van der Waals surface area contributed by atoms with Gasteiger partial charge in [-0.25, -0.2) is 9.48 Å². The molecule has 2 atom stereocenters. The monoisotopic (exact) mass is 288 g/mol. The Hall–Kier alpha value is -1.62. The van der Waals surface area contributed by atoms with Gasteiger partial charge in [0.05, 0.1) is 0 Å². The molecule has 1 saturated carbocycles. The topological polar surface area (TPSA) is 51.3 Å². The Morgan fingerprint density at radius 2 is 2.29 bits per heavy atom. The van der Waals surface area contributed by atoms with Gasteiger partial charge in [0.1, 0.15) is 0 Å². The van der Waals surface area contributed by atoms with Gasteiger partial charge in [-0.05, 0) is 50.3 Å². The van der Waals surface area contributed by atoms with Crippen LogP contribution in [0.15, 0.2) is 29.2 Å². The average Bonchev–Trinajstić information content (AvgIpc) is 3.08. The molecule has 0 amide bonds. The first-order valence-corrected chi connectivity index (χ1v) is 8.07. The van der Waals surface area contributed by atoms with Crippen molar-refractivity contribution in [2.45, 2.75) is 51.6 Å². The van der Waals surface area contributed by atoms with E-state index < -0.39 is 0 Å². The molecule has 3 rings (SSSR count). The van der Waals surface area contributed by atoms with Crippen LogP contribution in [0.1, 0.15) is 39.0 Å². The van der Waals surface area contributed by atoms with Crippen molar-refractivity contribution in [3.63, 3.8) is 0 Å². The van der Waals surface area contributed by atoms with Crippen LogP contribution < -0.4 is 11.0 Å². The molecule has 2 heterocycles. The molecular weight excluding hydrogens is 264 g/mol. The summed E-state index contributed by atoms with van der Waals surface area (Å²) >= 11 is 0. The van der Waals surface area contributed by atoms with Crippen molar-refractivity contribution in [3.05, 3.63) is 34.9 Å². The van der Waals surface area contributed by atoms with Crippen LogP contribution in [0, 0.1) is 5.92 Å². The van der Waals surface area contributed by atoms with Crippen molar-refractivity contribution in [2.75, 3.05) is 6.54 Å². The lowest BCUT2D eigenvalue weighted by atomic mass is 9.99. The van der Waals surface area contributed by atoms with Gasteiger partial charge in [0, 0.05) is 18.8 Å². The summed E-state index contributed by atoms with van der Waals surface area (Å²) in [5, 5.41) is 8.05. The number of aryl methyl sites for hydroxylation is 1. The fraction of sp³-hybridized carbons (Fsp3) is 0.625. The number of pyridine rings is 1. The van der Waals surface area contributed by atoms with Gasteiger partial charge in [-0.1, -0.05) is 19.4 Å². The van der Waals surface area contributed by atoms with Crippen molar-refractivity contribution >= 4 is 5.65 Å². The van der Waals surface area contributed by atoms with Crippen LogP contribution in [0.5, 0.6) is 0 Å². The summed E-state index contributed by atoms with van der Waals surface area (Å²) in [6, 6.07) is 6.27. The number of hydrogen-bond acceptors (Lipinski definition) is 3. The molecule has 0 saturated heterocycles. The van der Waals surface area contributed by atoms with Crippen molar-refractivity contribution in [1.29, 1.82) is 0 Å². The van der Waals surface area contributed by atoms with E-state index in [0.717, 1.165) is 25.2 Å². The SMILES string of the molecule is CCCNC1CCCC1CCn1nc2ccccn2c1=O. The molecule has 0 aliphatic heterocycles. The molecule has 1 aliphatic rings. The van der Waals surface area contributed by atoms with Crippen LogP contribution in [0.3, 0.4) is 0 Å². The second-order valence-electron chi connectivity index (χ2n) is 5.97. The number of nitrogens with one attached hydrogen (secondary N) is 1. The van der Waals surface area contributed by atoms with Gasteiger partial charge < -0.3 is 5.32 Å². The zero-order valence-electron chi connectivity index (χ0n) is 12.7. The lowest BCUT2D eigenvalue weighted by Crippen LogP contribution is -2.34. The van der Waals surface area contributed by atoms with Crippen LogP contribution in [0.4, 0.5) is 0 Å². The summed E-state index contributed by atoms with van der Waals surface area (Å²) in [6.07, 6.45) is 7.82. The summed E-state index contributed by atoms with van der Waals surface area (Å²) in [4.78, 5) is 12.2. The first-order valence-electron chi connectivity index (χ1n) is 8.07. The number of rotatable bonds is 6. The first-order chi connectivity index (χ1) is 10.3. The summed E-state index contributed by atoms with van der Waals surface area (Å²) < 4.78 is 3.23. The third-order valence-corrected chi connectivity index (χ3v) is 4.52. The zero-order valence-corrected chi connectivity index (χ0v) is 12.7. The van der Waals surface area contributed by atoms with Gasteiger partial charge in [-0.15, -0.1) is 5.10 Å². The van der Waals surface area contributed by atoms with Crippen molar-refractivity contribution in [3.8, 4) is 0 Å². The van der Waals surface area contributed by atoms with Crippen molar-refractivity contribution in [2.24, 2.45) is 5.92 Å². The molecule has 0 bridgehead atoms. The standard InChI is InChI=1S/C16H24N4O/c1-2-10-17-14-7-5-6-13(14)9-12-20-16(21)19-11-4-3-8-15(19)18-20/h3-4,8,11,13-14,17H,2,5-7,9-10,12H2,1H3. The highest BCUT2D eigenvalue weighted by atomic mass is 16.2. The van der Waals surface area contributed by atoms with Gasteiger partial charge >= 0.3 is 5.69 Å². The Labute approximate surface area is 125 Å². The van der Waals surface area contributed by atoms with E-state index in [1.807, 2.05) is 18.2 Å². The lowest BCUT2D eigenvalue weighted by molar-refractivity contribution is 0.352. The van der Waals surface area contributed by atoms with Crippen LogP contribution >= 0.6 is 0 Å². The summed E-state index contributed by atoms with van der Waals surface area (Å²) in [6.45, 7) is 4.01. The molecule has 21 heavy (non-hydrogen) atoms. The molecule has 1 aliphatic carbocycles. The van der Waals surface area contributed by atoms with Crippen LogP contribution in [-0.2, 0) is 6.54 Å². The largest absolute Gasteiger partial charge is 0.350 e. The molecule has 114 valence electrons. The molecule has 1 fully saturated rings. The molecule has 5 nitrogen and oxygen atoms in total. The smallest absolute Gasteiger partial charge is 0.314 e. The van der Waals surface area contributed by atoms with Crippen molar-refractivity contribution < 1.29 is 0 Å². The minimum atomic E-state index is -0.0262. The molecule has 0 aromatic carbocycles. The van der Waals surface area contributed by atoms with E-state index in [4.69, 9.17) is 0 Å². The minimum Gasteiger partial charge on any atom is -0.314 e. The Balaban J connectivity index is 1.66. The zero-order chi connectivity index (χ0) is 14.7. The van der Waals surface area contributed by atoms with E-state index in [1.165, 1.54) is 25.7 Å². The van der Waals surface area contributed by atoms with Gasteiger partial charge in [0.15, 0.2) is 5.65 Å². The fourth-order valence-electron chi connectivity index (χ4n) is 3.38. The van der Waals surface area contributed by atoms with Gasteiger partial charge in [0.2, 0.25) is 0 Å². The fourth-order valence-corrected chi connectivity index (χ4v) is 3.38. The second kappa shape index (κ2) is 6.43. The van der Waals surface area contributed by atoms with Crippen LogP contribution in [-0.4, -0.2) is 26.8 Å². The molecule has 5 heteroatoms. The van der Waals surface area contributed by atoms with Gasteiger partial charge in [0.25, 0.3) is 0 Å². The number of aromatic nitrogens is 3. The molecule has 2 aromatic rings. The van der Waals surface area contributed by atoms with Crippen LogP contribution in [0.25, 0.3) is 5.65 Å². The first kappa shape index (κ1) is 14.3. The van der Waals surface area contributed by atoms with E-state index in [2.05, 4.69) is 17.3 Å². The number of nitrogens with zero attached hydrogens (tertiary/aromatic N) is 3. The van der Waals surface area contributed by atoms with E-state index in [0.29, 0.717) is 12.0 Å². The van der Waals surface area contributed by atoms with E-state index in [9.17, 15) is 4.79 Å². The maximum absolute atomic E-state index is 12.2. The quantitative estimate of drug-likeness (QED) is 0.885. The summed E-state index contributed by atoms with van der Waals surface area (Å²) in [7, 11) is 0. The third kappa shape index (κ3) is 3.02. The molecule has 2 aromatic heterocycles. The Morgan fingerprint density at radius 3 is 3.10 bits per heavy atom. The molecule has 0 spiro atoms. The number of fused-ring (bicyclic) bond motifs is 1. The average molecular weight is 288 g/mol. The van der Waals surface area contributed by atoms with E-state index >= 15 is 0 Å². The maximum Gasteiger partial charge on any atom is 0.350 e. The Bertz CT molecular complexity index is 645. The summed E-state index contributed by atoms with van der Waals surface area (Å²) in [5.74, 6) is 0.674. The highest BCUT2D eigenvalue weighted by Gasteiger charge is 2.26. The highest BCUT2D eigenvalue weighted by Crippen LogP contribution is 2.28. The summed E-state index contributed by atoms with van der Waals surface area (Å²) in [5.41, 5.74) is 0.705. The lowest BCUT2D eigenvalue weighted by Gasteiger charge is -2.20. The molecule has 2 unspecified atom stereocenters. The molecule has 0 radical (unpaired) electrons. The predicted molar refractivity (Wildman–Crippen MR) is 83.5 cm³/mol. The third-order valence-electron chi connectivity index (χ3n) is 4.52. The second-order valence-corrected chi connectivity index (χ2v) is 5.97. The van der Waals surface area contributed by atoms with E-state index in [1.54, 1.807) is 15.3 Å². The highest BCUT2D eigenvalue weighted by molar-refractivity contribution is 5.35. The van der Waals surface area contributed by atoms with E-state index in [-0.39, 0.29) is 5.69 Å². The number of hydrogen-bond donors (Lipinski definition) is 1. The minimum absolute atomic E-state index is 0.0262. The predicted octanol–water partition coefficient (Wildman–Crippen LogP) is 2.05. The van der Waals surface area contributed by atoms with Crippen molar-refractivity contribution in [1.82, 2.24) is 19.5 Å². The molecular formula is C16H24N4O. The Kier molecular flexibility index (Phi) is 4.39. The Morgan fingerprint density at radius 1 is 1.38 bits per heavy atom. The molecule has 1 N–H and O–H groups in total. The van der Waals surface area contributed by atoms with Gasteiger partial charge in [-0.3, -0.25) is 4.40 Å². The van der Waals surface area contributed by atoms with Crippen LogP contribution in [0.2, 0.25) is 0 Å². The maximum atomic E-state index is 12.2. The normalized spacial score (nSPS) is 22.1.